The van der Waals surface area contributed by atoms with Crippen molar-refractivity contribution in [3.8, 4) is 5.75 Å². The van der Waals surface area contributed by atoms with Gasteiger partial charge in [0, 0.05) is 43.1 Å². The quantitative estimate of drug-likeness (QED) is 0.389. The maximum atomic E-state index is 10.8. The summed E-state index contributed by atoms with van der Waals surface area (Å²) in [6, 6.07) is 30.3. The van der Waals surface area contributed by atoms with Crippen molar-refractivity contribution in [1.82, 2.24) is 9.80 Å². The lowest BCUT2D eigenvalue weighted by Gasteiger charge is -2.66. The zero-order valence-electron chi connectivity index (χ0n) is 23.6. The lowest BCUT2D eigenvalue weighted by Crippen LogP contribution is -2.69. The van der Waals surface area contributed by atoms with E-state index in [0.717, 1.165) is 24.3 Å². The van der Waals surface area contributed by atoms with Crippen LogP contribution in [0.5, 0.6) is 5.75 Å². The number of nitrogens with zero attached hydrogens (tertiary/aromatic N) is 2. The van der Waals surface area contributed by atoms with Gasteiger partial charge in [-0.3, -0.25) is 9.80 Å². The molecule has 0 aromatic heterocycles. The van der Waals surface area contributed by atoms with E-state index < -0.39 is 0 Å². The third-order valence-electron chi connectivity index (χ3n) is 12.7. The molecule has 9 rings (SSSR count). The summed E-state index contributed by atoms with van der Waals surface area (Å²) in [6.45, 7) is 4.94. The Morgan fingerprint density at radius 3 is 2.33 bits per heavy atom. The van der Waals surface area contributed by atoms with Gasteiger partial charge < -0.3 is 5.11 Å². The van der Waals surface area contributed by atoms with E-state index in [0.29, 0.717) is 29.2 Å². The molecule has 40 heavy (non-hydrogen) atoms. The second-order valence-electron chi connectivity index (χ2n) is 14.3. The number of hydrogen-bond donors (Lipinski definition) is 1. The highest BCUT2D eigenvalue weighted by atomic mass is 16.3. The highest BCUT2D eigenvalue weighted by Crippen LogP contribution is 2.75. The Morgan fingerprint density at radius 2 is 1.60 bits per heavy atom. The zero-order chi connectivity index (χ0) is 26.5. The lowest BCUT2D eigenvalue weighted by atomic mass is 9.43. The van der Waals surface area contributed by atoms with Crippen LogP contribution in [-0.2, 0) is 11.8 Å². The average molecular weight is 531 g/mol. The lowest BCUT2D eigenvalue weighted by molar-refractivity contribution is -0.105. The van der Waals surface area contributed by atoms with Gasteiger partial charge in [-0.1, -0.05) is 66.7 Å². The minimum atomic E-state index is 0.237. The molecular weight excluding hydrogens is 488 g/mol. The smallest absolute Gasteiger partial charge is 0.115 e. The van der Waals surface area contributed by atoms with E-state index in [1.54, 1.807) is 11.1 Å². The molecule has 3 saturated carbocycles. The van der Waals surface area contributed by atoms with Crippen LogP contribution in [0.4, 0.5) is 0 Å². The van der Waals surface area contributed by atoms with Crippen LogP contribution in [0.1, 0.15) is 66.7 Å². The highest BCUT2D eigenvalue weighted by Gasteiger charge is 2.76. The number of phenolic OH excluding ortho intramolecular Hbond substituents is 1. The van der Waals surface area contributed by atoms with Crippen LogP contribution in [0.15, 0.2) is 78.9 Å². The number of rotatable bonds is 6. The Kier molecular flexibility index (Phi) is 5.22. The second-order valence-corrected chi connectivity index (χ2v) is 14.3. The number of hydrogen-bond acceptors (Lipinski definition) is 3. The van der Waals surface area contributed by atoms with Crippen molar-refractivity contribution in [3.63, 3.8) is 0 Å². The van der Waals surface area contributed by atoms with Crippen molar-refractivity contribution < 1.29 is 5.11 Å². The van der Waals surface area contributed by atoms with E-state index in [1.165, 1.54) is 75.7 Å². The van der Waals surface area contributed by atoms with Gasteiger partial charge in [0.1, 0.15) is 5.75 Å². The van der Waals surface area contributed by atoms with Crippen molar-refractivity contribution in [2.45, 2.75) is 68.4 Å². The monoisotopic (exact) mass is 530 g/mol. The maximum Gasteiger partial charge on any atom is 0.115 e. The van der Waals surface area contributed by atoms with Crippen molar-refractivity contribution >= 4 is 0 Å². The summed E-state index contributed by atoms with van der Waals surface area (Å²) >= 11 is 0. The SMILES string of the molecule is Oc1ccc2c(c1)C13CCN(CC4CC4)C(C2)C12CCC1C3[C@@H](CN1CC(c1ccccc1)c1ccccc1)C2. The molecule has 4 aliphatic carbocycles. The largest absolute Gasteiger partial charge is 0.508 e. The predicted octanol–water partition coefficient (Wildman–Crippen LogP) is 6.60. The van der Waals surface area contributed by atoms with Crippen LogP contribution in [0.25, 0.3) is 0 Å². The molecule has 0 amide bonds. The van der Waals surface area contributed by atoms with Gasteiger partial charge in [-0.05, 0) is 109 Å². The van der Waals surface area contributed by atoms with Gasteiger partial charge in [-0.15, -0.1) is 0 Å². The molecular formula is C37H42N2O. The number of fused-ring (bicyclic) bond motifs is 1. The number of likely N-dealkylation sites (tertiary alicyclic amines) is 2. The molecule has 2 aliphatic heterocycles. The van der Waals surface area contributed by atoms with Crippen LogP contribution in [0, 0.1) is 23.2 Å². The molecule has 5 unspecified atom stereocenters. The molecule has 3 heteroatoms. The fourth-order valence-electron chi connectivity index (χ4n) is 11.3. The van der Waals surface area contributed by atoms with Gasteiger partial charge in [0.2, 0.25) is 0 Å². The fraction of sp³-hybridized carbons (Fsp3) is 0.514. The number of piperidine rings is 1. The minimum absolute atomic E-state index is 0.237. The average Bonchev–Trinajstić information content (AvgIpc) is 3.69. The summed E-state index contributed by atoms with van der Waals surface area (Å²) in [5, 5.41) is 10.8. The van der Waals surface area contributed by atoms with Crippen molar-refractivity contribution in [2.24, 2.45) is 23.2 Å². The molecule has 6 aliphatic rings. The minimum Gasteiger partial charge on any atom is -0.508 e. The normalized spacial score (nSPS) is 36.0. The molecule has 6 atom stereocenters. The second kappa shape index (κ2) is 8.69. The Hall–Kier alpha value is -2.62. The number of phenols is 1. The van der Waals surface area contributed by atoms with Gasteiger partial charge in [0.15, 0.2) is 0 Å². The van der Waals surface area contributed by atoms with E-state index in [4.69, 9.17) is 0 Å². The van der Waals surface area contributed by atoms with Crippen molar-refractivity contribution in [1.29, 1.82) is 0 Å². The highest BCUT2D eigenvalue weighted by molar-refractivity contribution is 5.51. The molecule has 3 aromatic rings. The summed E-state index contributed by atoms with van der Waals surface area (Å²) in [7, 11) is 0. The molecule has 2 saturated heterocycles. The number of aromatic hydroxyl groups is 1. The first-order valence-electron chi connectivity index (χ1n) is 16.1. The fourth-order valence-corrected chi connectivity index (χ4v) is 11.3. The molecule has 2 heterocycles. The van der Waals surface area contributed by atoms with Gasteiger partial charge in [0.05, 0.1) is 0 Å². The topological polar surface area (TPSA) is 26.7 Å². The van der Waals surface area contributed by atoms with Crippen LogP contribution >= 0.6 is 0 Å². The van der Waals surface area contributed by atoms with Crippen LogP contribution in [0.3, 0.4) is 0 Å². The van der Waals surface area contributed by atoms with Crippen molar-refractivity contribution in [2.75, 3.05) is 26.2 Å². The van der Waals surface area contributed by atoms with Gasteiger partial charge in [-0.2, -0.15) is 0 Å². The third kappa shape index (κ3) is 3.25. The Labute approximate surface area is 239 Å². The van der Waals surface area contributed by atoms with E-state index >= 15 is 0 Å². The molecule has 4 bridgehead atoms. The molecule has 1 N–H and O–H groups in total. The summed E-state index contributed by atoms with van der Waals surface area (Å²) in [5.41, 5.74) is 6.62. The summed E-state index contributed by atoms with van der Waals surface area (Å²) in [4.78, 5) is 5.90. The van der Waals surface area contributed by atoms with E-state index in [-0.39, 0.29) is 5.41 Å². The summed E-state index contributed by atoms with van der Waals surface area (Å²) in [5.74, 6) is 3.33. The third-order valence-corrected chi connectivity index (χ3v) is 12.7. The first-order chi connectivity index (χ1) is 19.7. The zero-order valence-corrected chi connectivity index (χ0v) is 23.6. The molecule has 3 nitrogen and oxygen atoms in total. The standard InChI is InChI=1S/C37H42N2O/c40-30-14-13-28-19-34-36-16-15-33-35(37(36,32(28)20-30)17-18-38(34)22-25-11-12-25)29(21-36)23-39(33)24-31(26-7-3-1-4-8-26)27-9-5-2-6-10-27/h1-10,13-14,20,25,29,31,33-35,40H,11-12,15-19,21-24H2/t29-,33?,34?,35?,36?,37?/m1/s1. The van der Waals surface area contributed by atoms with Crippen molar-refractivity contribution in [3.05, 3.63) is 101 Å². The Balaban J connectivity index is 1.11. The first kappa shape index (κ1) is 24.0. The maximum absolute atomic E-state index is 10.8. The van der Waals surface area contributed by atoms with E-state index in [1.807, 2.05) is 6.07 Å². The molecule has 0 radical (unpaired) electrons. The summed E-state index contributed by atoms with van der Waals surface area (Å²) in [6.07, 6.45) is 9.48. The molecule has 0 spiro atoms. The molecule has 5 fully saturated rings. The van der Waals surface area contributed by atoms with Crippen LogP contribution < -0.4 is 0 Å². The molecule has 3 aromatic carbocycles. The Bertz CT molecular complexity index is 1380. The van der Waals surface area contributed by atoms with E-state index in [2.05, 4.69) is 82.6 Å². The van der Waals surface area contributed by atoms with Gasteiger partial charge in [0.25, 0.3) is 0 Å². The first-order valence-corrected chi connectivity index (χ1v) is 16.1. The van der Waals surface area contributed by atoms with Gasteiger partial charge >= 0.3 is 0 Å². The molecule has 206 valence electrons. The van der Waals surface area contributed by atoms with E-state index in [9.17, 15) is 5.11 Å². The number of benzene rings is 3. The van der Waals surface area contributed by atoms with Crippen LogP contribution in [0.2, 0.25) is 0 Å². The Morgan fingerprint density at radius 1 is 0.850 bits per heavy atom. The van der Waals surface area contributed by atoms with Gasteiger partial charge in [-0.25, -0.2) is 0 Å². The summed E-state index contributed by atoms with van der Waals surface area (Å²) < 4.78 is 0. The predicted molar refractivity (Wildman–Crippen MR) is 160 cm³/mol. The van der Waals surface area contributed by atoms with Crippen LogP contribution in [-0.4, -0.2) is 53.2 Å².